The molecule has 0 aliphatic rings. The summed E-state index contributed by atoms with van der Waals surface area (Å²) in [5, 5.41) is 0. The van der Waals surface area contributed by atoms with Crippen molar-refractivity contribution in [1.82, 2.24) is 8.96 Å². The molecular formula is C18H15FN2O3S. The van der Waals surface area contributed by atoms with E-state index in [-0.39, 0.29) is 23.7 Å². The minimum absolute atomic E-state index is 0.0138. The van der Waals surface area contributed by atoms with Gasteiger partial charge in [-0.2, -0.15) is 4.39 Å². The molecule has 0 saturated carbocycles. The second-order valence-corrected chi connectivity index (χ2v) is 7.41. The third-order valence-electron chi connectivity index (χ3n) is 3.61. The summed E-state index contributed by atoms with van der Waals surface area (Å²) in [6, 6.07) is 14.4. The smallest absolute Gasteiger partial charge is 0.242 e. The summed E-state index contributed by atoms with van der Waals surface area (Å²) >= 11 is 0. The van der Waals surface area contributed by atoms with E-state index in [4.69, 9.17) is 0 Å². The number of ketones is 1. The Morgan fingerprint density at radius 1 is 1.00 bits per heavy atom. The molecule has 5 nitrogen and oxygen atoms in total. The maximum Gasteiger partial charge on any atom is 0.242 e. The fraction of sp³-hybridized carbons (Fsp3) is 0.111. The lowest BCUT2D eigenvalue weighted by Gasteiger charge is -2.05. The van der Waals surface area contributed by atoms with Gasteiger partial charge in [-0.25, -0.2) is 13.4 Å². The lowest BCUT2D eigenvalue weighted by atomic mass is 10.1. The van der Waals surface area contributed by atoms with Crippen molar-refractivity contribution < 1.29 is 17.6 Å². The lowest BCUT2D eigenvalue weighted by Crippen LogP contribution is -2.13. The van der Waals surface area contributed by atoms with E-state index in [2.05, 4.69) is 4.98 Å². The van der Waals surface area contributed by atoms with E-state index >= 15 is 0 Å². The van der Waals surface area contributed by atoms with E-state index in [1.54, 1.807) is 30.3 Å². The van der Waals surface area contributed by atoms with E-state index in [1.165, 1.54) is 24.5 Å². The van der Waals surface area contributed by atoms with Gasteiger partial charge in [0.2, 0.25) is 16.0 Å². The summed E-state index contributed by atoms with van der Waals surface area (Å²) < 4.78 is 39.0. The molecule has 0 spiro atoms. The SMILES string of the molecule is O=C(Cc1ccn(S(=O)(=O)Cc2ccccc2)c1)c1cccc(F)n1. The fourth-order valence-electron chi connectivity index (χ4n) is 2.40. The van der Waals surface area contributed by atoms with E-state index in [9.17, 15) is 17.6 Å². The van der Waals surface area contributed by atoms with Crippen LogP contribution in [0.2, 0.25) is 0 Å². The summed E-state index contributed by atoms with van der Waals surface area (Å²) in [6.45, 7) is 0. The predicted octanol–water partition coefficient (Wildman–Crippen LogP) is 2.83. The summed E-state index contributed by atoms with van der Waals surface area (Å²) in [5.74, 6) is -1.24. The minimum atomic E-state index is -3.57. The number of halogens is 1. The van der Waals surface area contributed by atoms with Crippen LogP contribution < -0.4 is 0 Å². The third kappa shape index (κ3) is 4.19. The Morgan fingerprint density at radius 3 is 2.48 bits per heavy atom. The van der Waals surface area contributed by atoms with E-state index < -0.39 is 16.0 Å². The highest BCUT2D eigenvalue weighted by molar-refractivity contribution is 7.89. The third-order valence-corrected chi connectivity index (χ3v) is 5.17. The van der Waals surface area contributed by atoms with Crippen LogP contribution in [0.3, 0.4) is 0 Å². The topological polar surface area (TPSA) is 69.0 Å². The van der Waals surface area contributed by atoms with Gasteiger partial charge >= 0.3 is 0 Å². The zero-order chi connectivity index (χ0) is 17.9. The standard InChI is InChI=1S/C18H15FN2O3S/c19-18-8-4-7-16(20-18)17(22)11-15-9-10-21(12-15)25(23,24)13-14-5-2-1-3-6-14/h1-10,12H,11,13H2. The van der Waals surface area contributed by atoms with E-state index in [1.807, 2.05) is 6.07 Å². The van der Waals surface area contributed by atoms with Gasteiger partial charge in [0.05, 0.1) is 5.75 Å². The van der Waals surface area contributed by atoms with Gasteiger partial charge in [-0.05, 0) is 29.3 Å². The molecule has 0 radical (unpaired) electrons. The molecule has 7 heteroatoms. The van der Waals surface area contributed by atoms with Crippen molar-refractivity contribution in [3.05, 3.63) is 89.8 Å². The highest BCUT2D eigenvalue weighted by Gasteiger charge is 2.16. The molecule has 0 N–H and O–H groups in total. The molecule has 0 aliphatic heterocycles. The van der Waals surface area contributed by atoms with Crippen LogP contribution in [-0.2, 0) is 22.2 Å². The normalized spacial score (nSPS) is 11.4. The molecule has 0 aliphatic carbocycles. The predicted molar refractivity (Wildman–Crippen MR) is 91.1 cm³/mol. The number of pyridine rings is 1. The van der Waals surface area contributed by atoms with E-state index in [0.717, 1.165) is 10.0 Å². The van der Waals surface area contributed by atoms with Crippen LogP contribution in [0.4, 0.5) is 4.39 Å². The minimum Gasteiger partial charge on any atom is -0.292 e. The molecule has 128 valence electrons. The molecule has 0 fully saturated rings. The quantitative estimate of drug-likeness (QED) is 0.502. The number of rotatable bonds is 6. The maximum absolute atomic E-state index is 13.1. The molecule has 2 aromatic heterocycles. The average molecular weight is 358 g/mol. The highest BCUT2D eigenvalue weighted by Crippen LogP contribution is 2.13. The summed E-state index contributed by atoms with van der Waals surface area (Å²) in [5.41, 5.74) is 1.21. The van der Waals surface area contributed by atoms with Crippen LogP contribution in [0, 0.1) is 5.95 Å². The summed E-state index contributed by atoms with van der Waals surface area (Å²) in [6.07, 6.45) is 2.75. The second-order valence-electron chi connectivity index (χ2n) is 5.54. The summed E-state index contributed by atoms with van der Waals surface area (Å²) in [4.78, 5) is 15.7. The van der Waals surface area contributed by atoms with Gasteiger partial charge in [0, 0.05) is 18.8 Å². The number of hydrogen-bond acceptors (Lipinski definition) is 4. The van der Waals surface area contributed by atoms with Crippen molar-refractivity contribution in [3.8, 4) is 0 Å². The van der Waals surface area contributed by atoms with Crippen molar-refractivity contribution in [3.63, 3.8) is 0 Å². The first-order valence-corrected chi connectivity index (χ1v) is 9.15. The van der Waals surface area contributed by atoms with Crippen LogP contribution in [0.25, 0.3) is 0 Å². The monoisotopic (exact) mass is 358 g/mol. The molecule has 0 amide bonds. The first-order valence-electron chi connectivity index (χ1n) is 7.54. The Morgan fingerprint density at radius 2 is 1.76 bits per heavy atom. The van der Waals surface area contributed by atoms with Gasteiger partial charge in [-0.3, -0.25) is 8.77 Å². The van der Waals surface area contributed by atoms with Crippen molar-refractivity contribution in [2.75, 3.05) is 0 Å². The molecule has 25 heavy (non-hydrogen) atoms. The number of hydrogen-bond donors (Lipinski definition) is 0. The first kappa shape index (κ1) is 17.0. The molecule has 0 bridgehead atoms. The molecule has 0 atom stereocenters. The van der Waals surface area contributed by atoms with Crippen molar-refractivity contribution in [2.24, 2.45) is 0 Å². The van der Waals surface area contributed by atoms with Gasteiger partial charge in [-0.15, -0.1) is 0 Å². The Bertz CT molecular complexity index is 998. The van der Waals surface area contributed by atoms with Crippen LogP contribution in [0.5, 0.6) is 0 Å². The van der Waals surface area contributed by atoms with Gasteiger partial charge < -0.3 is 0 Å². The van der Waals surface area contributed by atoms with Gasteiger partial charge in [0.25, 0.3) is 0 Å². The first-order chi connectivity index (χ1) is 11.9. The number of carbonyl (C=O) groups excluding carboxylic acids is 1. The van der Waals surface area contributed by atoms with Crippen LogP contribution in [0.1, 0.15) is 21.6 Å². The van der Waals surface area contributed by atoms with Gasteiger partial charge in [0.15, 0.2) is 5.78 Å². The molecule has 2 heterocycles. The van der Waals surface area contributed by atoms with Crippen molar-refractivity contribution in [2.45, 2.75) is 12.2 Å². The number of carbonyl (C=O) groups is 1. The zero-order valence-electron chi connectivity index (χ0n) is 13.2. The van der Waals surface area contributed by atoms with Crippen LogP contribution in [0.15, 0.2) is 67.0 Å². The van der Waals surface area contributed by atoms with Gasteiger partial charge in [0.1, 0.15) is 5.69 Å². The number of benzene rings is 1. The molecule has 0 saturated heterocycles. The van der Waals surface area contributed by atoms with Gasteiger partial charge in [-0.1, -0.05) is 36.4 Å². The van der Waals surface area contributed by atoms with Crippen LogP contribution >= 0.6 is 0 Å². The Hall–Kier alpha value is -2.80. The number of aromatic nitrogens is 2. The molecule has 3 aromatic rings. The second kappa shape index (κ2) is 6.98. The average Bonchev–Trinajstić information content (AvgIpc) is 3.05. The lowest BCUT2D eigenvalue weighted by molar-refractivity contribution is 0.0987. The Kier molecular flexibility index (Phi) is 4.76. The van der Waals surface area contributed by atoms with Crippen LogP contribution in [-0.4, -0.2) is 23.2 Å². The Labute approximate surface area is 144 Å². The van der Waals surface area contributed by atoms with Crippen molar-refractivity contribution in [1.29, 1.82) is 0 Å². The highest BCUT2D eigenvalue weighted by atomic mass is 32.2. The largest absolute Gasteiger partial charge is 0.292 e. The molecule has 0 unspecified atom stereocenters. The van der Waals surface area contributed by atoms with Crippen molar-refractivity contribution >= 4 is 15.8 Å². The molecule has 1 aromatic carbocycles. The maximum atomic E-state index is 13.1. The fourth-order valence-corrected chi connectivity index (χ4v) is 3.70. The number of nitrogens with zero attached hydrogens (tertiary/aromatic N) is 2. The zero-order valence-corrected chi connectivity index (χ0v) is 14.0. The summed E-state index contributed by atoms with van der Waals surface area (Å²) in [7, 11) is -3.57. The number of Topliss-reactive ketones (excluding diaryl/α,β-unsaturated/α-hetero) is 1. The van der Waals surface area contributed by atoms with E-state index in [0.29, 0.717) is 11.1 Å². The Balaban J connectivity index is 1.75. The molecule has 3 rings (SSSR count). The molecular weight excluding hydrogens is 343 g/mol.